The minimum Gasteiger partial charge on any atom is -0.277 e. The predicted molar refractivity (Wildman–Crippen MR) is 222 cm³/mol. The summed E-state index contributed by atoms with van der Waals surface area (Å²) >= 11 is 0. The molecule has 0 spiro atoms. The van der Waals surface area contributed by atoms with Crippen molar-refractivity contribution in [3.63, 3.8) is 0 Å². The first kappa shape index (κ1) is 32.1. The molecule has 0 saturated carbocycles. The quantitative estimate of drug-likeness (QED) is 0.165. The van der Waals surface area contributed by atoms with Crippen LogP contribution in [-0.2, 0) is 0 Å². The van der Waals surface area contributed by atoms with Crippen LogP contribution in [0, 0.1) is 0 Å². The minimum absolute atomic E-state index is 0.592. The maximum atomic E-state index is 5.27. The van der Waals surface area contributed by atoms with E-state index in [9.17, 15) is 0 Å². The van der Waals surface area contributed by atoms with Gasteiger partial charge in [-0.05, 0) is 16.7 Å². The Labute approximate surface area is 318 Å². The molecule has 3 heterocycles. The number of hydrogen-bond donors (Lipinski definition) is 0. The summed E-state index contributed by atoms with van der Waals surface area (Å²) in [4.78, 5) is 25.4. The van der Waals surface area contributed by atoms with E-state index in [0.29, 0.717) is 23.3 Å². The molecule has 0 amide bonds. The Morgan fingerprint density at radius 2 is 0.600 bits per heavy atom. The van der Waals surface area contributed by atoms with Crippen molar-refractivity contribution in [3.8, 4) is 79.3 Å². The largest absolute Gasteiger partial charge is 0.277 e. The van der Waals surface area contributed by atoms with Gasteiger partial charge in [-0.15, -0.1) is 0 Å². The van der Waals surface area contributed by atoms with Crippen LogP contribution in [0.5, 0.6) is 0 Å². The summed E-state index contributed by atoms with van der Waals surface area (Å²) in [7, 11) is 0. The third-order valence-corrected chi connectivity index (χ3v) is 9.89. The molecule has 0 aliphatic carbocycles. The second-order valence-corrected chi connectivity index (χ2v) is 13.3. The third kappa shape index (κ3) is 6.02. The molecule has 3 aromatic heterocycles. The molecule has 0 saturated heterocycles. The SMILES string of the molecule is c1ccc(-c2ccc(-c3nc(-c4ccccc4)nc(-c4ccc(-c5nc(-c6ccccc6)n6c(-c7ccccc7)c7ccccc7c6n5)cc4)n3)cc2)cc1. The normalized spacial score (nSPS) is 11.3. The summed E-state index contributed by atoms with van der Waals surface area (Å²) in [5.41, 5.74) is 9.95. The first-order valence-electron chi connectivity index (χ1n) is 18.3. The van der Waals surface area contributed by atoms with E-state index in [2.05, 4.69) is 126 Å². The summed E-state index contributed by atoms with van der Waals surface area (Å²) in [6.07, 6.45) is 0. The van der Waals surface area contributed by atoms with Crippen LogP contribution in [0.2, 0.25) is 0 Å². The van der Waals surface area contributed by atoms with Gasteiger partial charge in [0.25, 0.3) is 0 Å². The van der Waals surface area contributed by atoms with Crippen LogP contribution >= 0.6 is 0 Å². The molecule has 6 heteroatoms. The fourth-order valence-electron chi connectivity index (χ4n) is 7.18. The van der Waals surface area contributed by atoms with Gasteiger partial charge in [-0.1, -0.05) is 194 Å². The molecule has 258 valence electrons. The number of fused-ring (bicyclic) bond motifs is 3. The highest BCUT2D eigenvalue weighted by atomic mass is 15.1. The van der Waals surface area contributed by atoms with Crippen LogP contribution in [0.15, 0.2) is 194 Å². The molecule has 10 aromatic rings. The molecule has 10 rings (SSSR count). The van der Waals surface area contributed by atoms with Crippen molar-refractivity contribution in [2.75, 3.05) is 0 Å². The van der Waals surface area contributed by atoms with E-state index in [1.165, 1.54) is 0 Å². The molecule has 0 N–H and O–H groups in total. The Kier molecular flexibility index (Phi) is 8.04. The van der Waals surface area contributed by atoms with Gasteiger partial charge in [0.05, 0.1) is 5.69 Å². The molecule has 0 unspecified atom stereocenters. The fraction of sp³-hybridized carbons (Fsp3) is 0. The molecular formula is C49H32N6. The molecule has 0 fully saturated rings. The third-order valence-electron chi connectivity index (χ3n) is 9.89. The summed E-state index contributed by atoms with van der Waals surface area (Å²) in [6, 6.07) is 66.2. The molecule has 55 heavy (non-hydrogen) atoms. The van der Waals surface area contributed by atoms with Crippen molar-refractivity contribution in [2.24, 2.45) is 0 Å². The van der Waals surface area contributed by atoms with E-state index < -0.39 is 0 Å². The molecule has 0 aliphatic heterocycles. The Bertz CT molecular complexity index is 2930. The van der Waals surface area contributed by atoms with Gasteiger partial charge in [-0.2, -0.15) is 0 Å². The van der Waals surface area contributed by atoms with E-state index in [0.717, 1.165) is 72.4 Å². The highest BCUT2D eigenvalue weighted by Crippen LogP contribution is 2.38. The first-order valence-corrected chi connectivity index (χ1v) is 18.3. The predicted octanol–water partition coefficient (Wildman–Crippen LogP) is 11.7. The van der Waals surface area contributed by atoms with E-state index in [-0.39, 0.29) is 0 Å². The van der Waals surface area contributed by atoms with Gasteiger partial charge < -0.3 is 0 Å². The second kappa shape index (κ2) is 13.8. The zero-order valence-electron chi connectivity index (χ0n) is 29.7. The zero-order chi connectivity index (χ0) is 36.6. The number of aromatic nitrogens is 6. The lowest BCUT2D eigenvalue weighted by molar-refractivity contribution is 1.05. The second-order valence-electron chi connectivity index (χ2n) is 13.3. The van der Waals surface area contributed by atoms with Crippen molar-refractivity contribution in [3.05, 3.63) is 194 Å². The van der Waals surface area contributed by atoms with Gasteiger partial charge in [0.2, 0.25) is 0 Å². The lowest BCUT2D eigenvalue weighted by Crippen LogP contribution is -2.03. The van der Waals surface area contributed by atoms with Crippen LogP contribution < -0.4 is 0 Å². The average Bonchev–Trinajstić information content (AvgIpc) is 3.61. The van der Waals surface area contributed by atoms with Crippen molar-refractivity contribution < 1.29 is 0 Å². The van der Waals surface area contributed by atoms with Crippen LogP contribution in [-0.4, -0.2) is 29.3 Å². The maximum Gasteiger partial charge on any atom is 0.164 e. The standard InChI is InChI=1S/C49H32N6/c1-5-15-33(16-6-1)34-25-27-37(28-26-34)45-50-44(36-19-9-3-10-20-36)51-46(52-45)38-29-31-39(32-30-38)47-53-48(40-21-11-4-12-22-40)55-43(35-17-7-2-8-18-35)41-23-13-14-24-42(41)49(55)54-47/h1-32H. The molecular weight excluding hydrogens is 673 g/mol. The average molecular weight is 705 g/mol. The van der Waals surface area contributed by atoms with Gasteiger partial charge in [0.1, 0.15) is 11.5 Å². The summed E-state index contributed by atoms with van der Waals surface area (Å²) < 4.78 is 2.21. The summed E-state index contributed by atoms with van der Waals surface area (Å²) in [5.74, 6) is 3.29. The van der Waals surface area contributed by atoms with E-state index in [1.54, 1.807) is 0 Å². The highest BCUT2D eigenvalue weighted by molar-refractivity contribution is 6.06. The smallest absolute Gasteiger partial charge is 0.164 e. The van der Waals surface area contributed by atoms with Gasteiger partial charge >= 0.3 is 0 Å². The zero-order valence-corrected chi connectivity index (χ0v) is 29.7. The number of nitrogens with zero attached hydrogens (tertiary/aromatic N) is 6. The minimum atomic E-state index is 0.592. The Morgan fingerprint density at radius 3 is 1.11 bits per heavy atom. The van der Waals surface area contributed by atoms with Crippen LogP contribution in [0.4, 0.5) is 0 Å². The molecule has 0 bridgehead atoms. The van der Waals surface area contributed by atoms with E-state index >= 15 is 0 Å². The highest BCUT2D eigenvalue weighted by Gasteiger charge is 2.21. The van der Waals surface area contributed by atoms with Gasteiger partial charge in [-0.3, -0.25) is 4.40 Å². The molecule has 0 radical (unpaired) electrons. The molecule has 0 atom stereocenters. The monoisotopic (exact) mass is 704 g/mol. The van der Waals surface area contributed by atoms with Crippen LogP contribution in [0.1, 0.15) is 0 Å². The lowest BCUT2D eigenvalue weighted by Gasteiger charge is -2.12. The van der Waals surface area contributed by atoms with Crippen molar-refractivity contribution in [1.82, 2.24) is 29.3 Å². The van der Waals surface area contributed by atoms with E-state index in [1.807, 2.05) is 72.8 Å². The molecule has 0 aliphatic rings. The molecule has 6 nitrogen and oxygen atoms in total. The van der Waals surface area contributed by atoms with E-state index in [4.69, 9.17) is 24.9 Å². The van der Waals surface area contributed by atoms with Crippen molar-refractivity contribution in [1.29, 1.82) is 0 Å². The fourth-order valence-corrected chi connectivity index (χ4v) is 7.18. The number of benzene rings is 7. The summed E-state index contributed by atoms with van der Waals surface area (Å²) in [6.45, 7) is 0. The van der Waals surface area contributed by atoms with Gasteiger partial charge in [-0.25, -0.2) is 24.9 Å². The van der Waals surface area contributed by atoms with Crippen LogP contribution in [0.3, 0.4) is 0 Å². The van der Waals surface area contributed by atoms with Gasteiger partial charge in [0, 0.05) is 38.6 Å². The number of hydrogen-bond acceptors (Lipinski definition) is 5. The molecule has 7 aromatic carbocycles. The van der Waals surface area contributed by atoms with Crippen LogP contribution in [0.25, 0.3) is 95.7 Å². The topological polar surface area (TPSA) is 68.9 Å². The van der Waals surface area contributed by atoms with Gasteiger partial charge in [0.15, 0.2) is 23.3 Å². The van der Waals surface area contributed by atoms with Crippen molar-refractivity contribution in [2.45, 2.75) is 0 Å². The Morgan fingerprint density at radius 1 is 0.255 bits per heavy atom. The summed E-state index contributed by atoms with van der Waals surface area (Å²) in [5, 5.41) is 2.20. The van der Waals surface area contributed by atoms with Crippen molar-refractivity contribution >= 4 is 16.4 Å². The Balaban J connectivity index is 1.09. The first-order chi connectivity index (χ1) is 27.3. The number of rotatable bonds is 7. The Hall–Kier alpha value is -7.57. The lowest BCUT2D eigenvalue weighted by atomic mass is 10.0. The maximum absolute atomic E-state index is 5.27.